The lowest BCUT2D eigenvalue weighted by Crippen LogP contribution is -2.27. The molecule has 0 saturated carbocycles. The van der Waals surface area contributed by atoms with Gasteiger partial charge in [-0.15, -0.1) is 0 Å². The molecule has 0 aliphatic rings. The second kappa shape index (κ2) is 50.7. The highest BCUT2D eigenvalue weighted by atomic mass is 16.6. The SMILES string of the molecule is CC/C=C\C/C=C\C/C=C\C/C=C\C/C=C\C/C=C\C/C=C\CCCCCCOCC(CO)OC(=O)CCCCCCCCCCCCCCCCCCCCCC. The van der Waals surface area contributed by atoms with Crippen LogP contribution >= 0.6 is 0 Å². The highest BCUT2D eigenvalue weighted by Gasteiger charge is 2.13. The van der Waals surface area contributed by atoms with Gasteiger partial charge in [0.05, 0.1) is 13.2 Å². The molecule has 4 nitrogen and oxygen atoms in total. The van der Waals surface area contributed by atoms with Crippen molar-refractivity contribution in [2.75, 3.05) is 19.8 Å². The predicted molar refractivity (Wildman–Crippen MR) is 255 cm³/mol. The summed E-state index contributed by atoms with van der Waals surface area (Å²) in [5.74, 6) is -0.209. The maximum Gasteiger partial charge on any atom is 0.306 e. The molecular weight excluding hydrogens is 713 g/mol. The average molecular weight is 807 g/mol. The summed E-state index contributed by atoms with van der Waals surface area (Å²) in [5.41, 5.74) is 0. The molecule has 1 unspecified atom stereocenters. The van der Waals surface area contributed by atoms with Crippen molar-refractivity contribution >= 4 is 5.97 Å². The molecule has 0 saturated heterocycles. The minimum absolute atomic E-state index is 0.185. The van der Waals surface area contributed by atoms with Gasteiger partial charge in [-0.3, -0.25) is 4.79 Å². The Balaban J connectivity index is 3.51. The van der Waals surface area contributed by atoms with Gasteiger partial charge in [0.15, 0.2) is 0 Å². The van der Waals surface area contributed by atoms with E-state index < -0.39 is 6.10 Å². The van der Waals surface area contributed by atoms with Crippen molar-refractivity contribution in [2.45, 2.75) is 232 Å². The van der Waals surface area contributed by atoms with Crippen LogP contribution in [0.5, 0.6) is 0 Å². The molecule has 0 bridgehead atoms. The van der Waals surface area contributed by atoms with E-state index in [0.717, 1.165) is 77.0 Å². The van der Waals surface area contributed by atoms with Gasteiger partial charge in [-0.2, -0.15) is 0 Å². The van der Waals surface area contributed by atoms with E-state index in [2.05, 4.69) is 98.9 Å². The normalized spacial score (nSPS) is 13.1. The number of hydrogen-bond donors (Lipinski definition) is 1. The number of ether oxygens (including phenoxy) is 2. The Morgan fingerprint density at radius 1 is 0.431 bits per heavy atom. The second-order valence-electron chi connectivity index (χ2n) is 16.2. The molecule has 0 amide bonds. The van der Waals surface area contributed by atoms with Crippen molar-refractivity contribution in [1.82, 2.24) is 0 Å². The van der Waals surface area contributed by atoms with Crippen molar-refractivity contribution in [3.63, 3.8) is 0 Å². The van der Waals surface area contributed by atoms with Gasteiger partial charge in [0.25, 0.3) is 0 Å². The Labute approximate surface area is 360 Å². The van der Waals surface area contributed by atoms with Crippen LogP contribution in [-0.2, 0) is 14.3 Å². The van der Waals surface area contributed by atoms with E-state index in [1.165, 1.54) is 128 Å². The summed E-state index contributed by atoms with van der Waals surface area (Å²) in [6, 6.07) is 0. The van der Waals surface area contributed by atoms with Crippen LogP contribution < -0.4 is 0 Å². The third kappa shape index (κ3) is 47.9. The lowest BCUT2D eigenvalue weighted by Gasteiger charge is -2.15. The summed E-state index contributed by atoms with van der Waals surface area (Å²) >= 11 is 0. The topological polar surface area (TPSA) is 55.8 Å². The molecule has 1 N–H and O–H groups in total. The van der Waals surface area contributed by atoms with Crippen LogP contribution in [-0.4, -0.2) is 37.0 Å². The molecule has 4 heteroatoms. The monoisotopic (exact) mass is 807 g/mol. The van der Waals surface area contributed by atoms with Crippen LogP contribution in [0.1, 0.15) is 226 Å². The standard InChI is InChI=1S/C54H94O4/c1-3-5-7-9-11-13-15-17-19-21-23-25-26-27-28-29-30-32-34-36-38-40-42-44-46-48-50-57-52-53(51-55)58-54(56)49-47-45-43-41-39-37-35-33-31-24-22-20-18-16-14-12-10-8-6-4-2/h5,7,11,13,17,19,23,25,27-28,30,32,36,38,53,55H,3-4,6,8-10,12,14-16,18,20-22,24,26,29,31,33-35,37,39-52H2,1-2H3/b7-5-,13-11-,19-17-,25-23-,28-27-,32-30-,38-36-. The number of carbonyl (C=O) groups is 1. The summed E-state index contributed by atoms with van der Waals surface area (Å²) in [4.78, 5) is 12.3. The first kappa shape index (κ1) is 55.6. The van der Waals surface area contributed by atoms with E-state index >= 15 is 0 Å². The highest BCUT2D eigenvalue weighted by Crippen LogP contribution is 2.15. The van der Waals surface area contributed by atoms with Gasteiger partial charge < -0.3 is 14.6 Å². The second-order valence-corrected chi connectivity index (χ2v) is 16.2. The summed E-state index contributed by atoms with van der Waals surface area (Å²) in [5, 5.41) is 9.64. The first-order valence-electron chi connectivity index (χ1n) is 24.7. The molecule has 0 aliphatic heterocycles. The molecule has 0 rings (SSSR count). The van der Waals surface area contributed by atoms with Crippen molar-refractivity contribution in [3.05, 3.63) is 85.1 Å². The quantitative estimate of drug-likeness (QED) is 0.0378. The predicted octanol–water partition coefficient (Wildman–Crippen LogP) is 16.7. The Morgan fingerprint density at radius 2 is 0.776 bits per heavy atom. The van der Waals surface area contributed by atoms with Gasteiger partial charge in [0.1, 0.15) is 6.10 Å². The smallest absolute Gasteiger partial charge is 0.306 e. The molecule has 0 radical (unpaired) electrons. The highest BCUT2D eigenvalue weighted by molar-refractivity contribution is 5.69. The van der Waals surface area contributed by atoms with Crippen molar-refractivity contribution in [3.8, 4) is 0 Å². The average Bonchev–Trinajstić information content (AvgIpc) is 3.23. The van der Waals surface area contributed by atoms with Crippen molar-refractivity contribution in [1.29, 1.82) is 0 Å². The number of aliphatic hydroxyl groups excluding tert-OH is 1. The van der Waals surface area contributed by atoms with E-state index in [4.69, 9.17) is 9.47 Å². The van der Waals surface area contributed by atoms with Gasteiger partial charge >= 0.3 is 5.97 Å². The number of hydrogen-bond acceptors (Lipinski definition) is 4. The largest absolute Gasteiger partial charge is 0.457 e. The zero-order valence-corrected chi connectivity index (χ0v) is 38.3. The van der Waals surface area contributed by atoms with Gasteiger partial charge in [-0.05, 0) is 70.6 Å². The van der Waals surface area contributed by atoms with Crippen LogP contribution in [0.2, 0.25) is 0 Å². The lowest BCUT2D eigenvalue weighted by molar-refractivity contribution is -0.154. The van der Waals surface area contributed by atoms with E-state index in [9.17, 15) is 9.90 Å². The molecule has 334 valence electrons. The molecular formula is C54H94O4. The van der Waals surface area contributed by atoms with E-state index in [1.54, 1.807) is 0 Å². The molecule has 0 aromatic rings. The van der Waals surface area contributed by atoms with Gasteiger partial charge in [0, 0.05) is 13.0 Å². The maximum atomic E-state index is 12.3. The van der Waals surface area contributed by atoms with Crippen LogP contribution in [0.3, 0.4) is 0 Å². The Morgan fingerprint density at radius 3 is 1.17 bits per heavy atom. The van der Waals surface area contributed by atoms with Crippen LogP contribution in [0.4, 0.5) is 0 Å². The molecule has 1 atom stereocenters. The van der Waals surface area contributed by atoms with E-state index in [-0.39, 0.29) is 19.2 Å². The fourth-order valence-electron chi connectivity index (χ4n) is 6.84. The van der Waals surface area contributed by atoms with Gasteiger partial charge in [-0.25, -0.2) is 0 Å². The fraction of sp³-hybridized carbons (Fsp3) is 0.722. The van der Waals surface area contributed by atoms with Gasteiger partial charge in [-0.1, -0.05) is 234 Å². The zero-order chi connectivity index (χ0) is 41.9. The molecule has 0 spiro atoms. The van der Waals surface area contributed by atoms with Crippen molar-refractivity contribution in [2.24, 2.45) is 0 Å². The van der Waals surface area contributed by atoms with E-state index in [0.29, 0.717) is 13.0 Å². The lowest BCUT2D eigenvalue weighted by atomic mass is 10.0. The summed E-state index contributed by atoms with van der Waals surface area (Å²) in [6.45, 7) is 5.19. The first-order chi connectivity index (χ1) is 28.7. The molecule has 0 aliphatic carbocycles. The number of carbonyl (C=O) groups excluding carboxylic acids is 1. The maximum absolute atomic E-state index is 12.3. The van der Waals surface area contributed by atoms with E-state index in [1.807, 2.05) is 0 Å². The summed E-state index contributed by atoms with van der Waals surface area (Å²) < 4.78 is 11.2. The van der Waals surface area contributed by atoms with Crippen LogP contribution in [0, 0.1) is 0 Å². The molecule has 0 aromatic carbocycles. The summed E-state index contributed by atoms with van der Waals surface area (Å²) in [7, 11) is 0. The Hall–Kier alpha value is -2.43. The van der Waals surface area contributed by atoms with Gasteiger partial charge in [0.2, 0.25) is 0 Å². The number of rotatable bonds is 45. The first-order valence-corrected chi connectivity index (χ1v) is 24.7. The van der Waals surface area contributed by atoms with Crippen LogP contribution in [0.15, 0.2) is 85.1 Å². The summed E-state index contributed by atoms with van der Waals surface area (Å²) in [6.07, 6.45) is 70.9. The van der Waals surface area contributed by atoms with Crippen molar-refractivity contribution < 1.29 is 19.4 Å². The Bertz CT molecular complexity index is 1030. The minimum atomic E-state index is -0.552. The number of aliphatic hydroxyl groups is 1. The Kier molecular flexibility index (Phi) is 48.6. The molecule has 0 heterocycles. The third-order valence-electron chi connectivity index (χ3n) is 10.5. The number of esters is 1. The minimum Gasteiger partial charge on any atom is -0.457 e. The third-order valence-corrected chi connectivity index (χ3v) is 10.5. The van der Waals surface area contributed by atoms with Crippen LogP contribution in [0.25, 0.3) is 0 Å². The molecule has 0 fully saturated rings. The number of allylic oxidation sites excluding steroid dienone is 14. The molecule has 58 heavy (non-hydrogen) atoms. The molecule has 0 aromatic heterocycles. The fourth-order valence-corrected chi connectivity index (χ4v) is 6.84. The zero-order valence-electron chi connectivity index (χ0n) is 38.3. The number of unbranched alkanes of at least 4 members (excludes halogenated alkanes) is 23.